The molecular formula is C26H34O11. The number of ether oxygens (including phenoxy) is 5. The third-order valence-corrected chi connectivity index (χ3v) is 7.06. The van der Waals surface area contributed by atoms with Gasteiger partial charge in [0.05, 0.1) is 33.5 Å². The van der Waals surface area contributed by atoms with E-state index >= 15 is 0 Å². The molecule has 37 heavy (non-hydrogen) atoms. The molecule has 2 aromatic carbocycles. The van der Waals surface area contributed by atoms with Gasteiger partial charge in [0.1, 0.15) is 18.3 Å². The predicted octanol–water partition coefficient (Wildman–Crippen LogP) is 0.127. The second kappa shape index (κ2) is 11.8. The highest BCUT2D eigenvalue weighted by molar-refractivity contribution is 5.45. The standard InChI is InChI=1S/C26H34O11/c1-33-19-8-13(3-5-17(19)29)7-15-12-35-24(16(15)10-27)14-4-6-18(20(9-14)34-2)36-25-21(11-28)37-26(32)23(31)22(25)30/h3-6,8-9,15-16,21-32H,7,10-12H2,1-2H3. The van der Waals surface area contributed by atoms with E-state index in [-0.39, 0.29) is 29.9 Å². The summed E-state index contributed by atoms with van der Waals surface area (Å²) in [5.41, 5.74) is 1.70. The molecule has 0 bridgehead atoms. The molecule has 2 aliphatic rings. The Hall–Kier alpha value is -2.64. The third-order valence-electron chi connectivity index (χ3n) is 7.06. The lowest BCUT2D eigenvalue weighted by Crippen LogP contribution is -2.60. The molecule has 11 heteroatoms. The molecule has 0 radical (unpaired) electrons. The number of hydrogen-bond donors (Lipinski definition) is 6. The number of aromatic hydroxyl groups is 1. The van der Waals surface area contributed by atoms with Gasteiger partial charge in [0.25, 0.3) is 0 Å². The Morgan fingerprint density at radius 3 is 2.32 bits per heavy atom. The fraction of sp³-hybridized carbons (Fsp3) is 0.538. The minimum absolute atomic E-state index is 0.0129. The molecule has 2 aromatic rings. The topological polar surface area (TPSA) is 168 Å². The van der Waals surface area contributed by atoms with Crippen molar-refractivity contribution >= 4 is 0 Å². The van der Waals surface area contributed by atoms with Gasteiger partial charge in [-0.1, -0.05) is 12.1 Å². The molecule has 2 saturated heterocycles. The van der Waals surface area contributed by atoms with Gasteiger partial charge in [0.15, 0.2) is 35.4 Å². The smallest absolute Gasteiger partial charge is 0.184 e. The summed E-state index contributed by atoms with van der Waals surface area (Å²) in [5, 5.41) is 59.8. The number of aliphatic hydroxyl groups is 5. The van der Waals surface area contributed by atoms with E-state index in [1.54, 1.807) is 30.3 Å². The SMILES string of the molecule is COc1cc(CC2COC(c3ccc(OC4C(CO)OC(O)C(O)C4O)c(OC)c3)C2CO)ccc1O. The van der Waals surface area contributed by atoms with E-state index in [1.807, 2.05) is 6.07 Å². The molecule has 0 aromatic heterocycles. The fourth-order valence-corrected chi connectivity index (χ4v) is 4.99. The molecule has 0 aliphatic carbocycles. The highest BCUT2D eigenvalue weighted by Crippen LogP contribution is 2.43. The molecule has 6 N–H and O–H groups in total. The van der Waals surface area contributed by atoms with Crippen molar-refractivity contribution in [3.8, 4) is 23.0 Å². The number of aliphatic hydroxyl groups excluding tert-OH is 5. The molecular weight excluding hydrogens is 488 g/mol. The van der Waals surface area contributed by atoms with E-state index in [1.165, 1.54) is 14.2 Å². The second-order valence-electron chi connectivity index (χ2n) is 9.29. The summed E-state index contributed by atoms with van der Waals surface area (Å²) in [4.78, 5) is 0. The van der Waals surface area contributed by atoms with E-state index in [2.05, 4.69) is 0 Å². The Balaban J connectivity index is 1.51. The van der Waals surface area contributed by atoms with Gasteiger partial charge in [-0.15, -0.1) is 0 Å². The molecule has 11 nitrogen and oxygen atoms in total. The van der Waals surface area contributed by atoms with Gasteiger partial charge in [0, 0.05) is 12.5 Å². The third kappa shape index (κ3) is 5.63. The Kier molecular flexibility index (Phi) is 8.75. The maximum Gasteiger partial charge on any atom is 0.184 e. The van der Waals surface area contributed by atoms with E-state index < -0.39 is 43.4 Å². The second-order valence-corrected chi connectivity index (χ2v) is 9.29. The van der Waals surface area contributed by atoms with Gasteiger partial charge in [0.2, 0.25) is 0 Å². The van der Waals surface area contributed by atoms with Gasteiger partial charge < -0.3 is 54.3 Å². The average Bonchev–Trinajstić information content (AvgIpc) is 3.32. The first-order valence-electron chi connectivity index (χ1n) is 12.0. The van der Waals surface area contributed by atoms with Crippen molar-refractivity contribution in [2.45, 2.75) is 43.2 Å². The summed E-state index contributed by atoms with van der Waals surface area (Å²) in [6.07, 6.45) is -6.81. The van der Waals surface area contributed by atoms with Gasteiger partial charge in [-0.05, 0) is 47.7 Å². The van der Waals surface area contributed by atoms with Gasteiger partial charge in [-0.3, -0.25) is 0 Å². The lowest BCUT2D eigenvalue weighted by molar-refractivity contribution is -0.282. The summed E-state index contributed by atoms with van der Waals surface area (Å²) < 4.78 is 27.8. The first-order valence-corrected chi connectivity index (χ1v) is 12.0. The van der Waals surface area contributed by atoms with Crippen molar-refractivity contribution in [3.05, 3.63) is 47.5 Å². The van der Waals surface area contributed by atoms with E-state index in [0.717, 1.165) is 11.1 Å². The van der Waals surface area contributed by atoms with Crippen molar-refractivity contribution in [1.82, 2.24) is 0 Å². The predicted molar refractivity (Wildman–Crippen MR) is 129 cm³/mol. The first-order chi connectivity index (χ1) is 17.8. The van der Waals surface area contributed by atoms with Crippen LogP contribution < -0.4 is 14.2 Å². The normalized spacial score (nSPS) is 31.8. The van der Waals surface area contributed by atoms with Crippen LogP contribution in [0, 0.1) is 11.8 Å². The van der Waals surface area contributed by atoms with Crippen LogP contribution in [-0.4, -0.2) is 95.4 Å². The van der Waals surface area contributed by atoms with Crippen molar-refractivity contribution < 1.29 is 54.3 Å². The zero-order chi connectivity index (χ0) is 26.7. The quantitative estimate of drug-likeness (QED) is 0.265. The largest absolute Gasteiger partial charge is 0.504 e. The monoisotopic (exact) mass is 522 g/mol. The molecule has 204 valence electrons. The molecule has 0 spiro atoms. The number of hydrogen-bond acceptors (Lipinski definition) is 11. The molecule has 2 heterocycles. The zero-order valence-electron chi connectivity index (χ0n) is 20.6. The Labute approximate surface area is 214 Å². The summed E-state index contributed by atoms with van der Waals surface area (Å²) in [5.74, 6) is 0.788. The maximum absolute atomic E-state index is 10.4. The molecule has 4 rings (SSSR count). The van der Waals surface area contributed by atoms with Crippen LogP contribution in [-0.2, 0) is 15.9 Å². The van der Waals surface area contributed by atoms with Crippen molar-refractivity contribution in [2.75, 3.05) is 34.0 Å². The van der Waals surface area contributed by atoms with Crippen molar-refractivity contribution in [2.24, 2.45) is 11.8 Å². The minimum Gasteiger partial charge on any atom is -0.504 e. The summed E-state index contributed by atoms with van der Waals surface area (Å²) in [7, 11) is 2.93. The fourth-order valence-electron chi connectivity index (χ4n) is 4.99. The molecule has 8 atom stereocenters. The number of phenols is 1. The van der Waals surface area contributed by atoms with Crippen LogP contribution in [0.3, 0.4) is 0 Å². The molecule has 0 saturated carbocycles. The Morgan fingerprint density at radius 1 is 0.892 bits per heavy atom. The lowest BCUT2D eigenvalue weighted by Gasteiger charge is -2.40. The van der Waals surface area contributed by atoms with Crippen molar-refractivity contribution in [1.29, 1.82) is 0 Å². The highest BCUT2D eigenvalue weighted by atomic mass is 16.7. The summed E-state index contributed by atoms with van der Waals surface area (Å²) >= 11 is 0. The van der Waals surface area contributed by atoms with Crippen LogP contribution in [0.15, 0.2) is 36.4 Å². The molecule has 2 fully saturated rings. The number of phenolic OH excluding ortho intramolecular Hbond substituents is 1. The summed E-state index contributed by atoms with van der Waals surface area (Å²) in [6, 6.07) is 10.2. The van der Waals surface area contributed by atoms with Crippen LogP contribution in [0.2, 0.25) is 0 Å². The maximum atomic E-state index is 10.4. The van der Waals surface area contributed by atoms with Crippen LogP contribution in [0.5, 0.6) is 23.0 Å². The lowest BCUT2D eigenvalue weighted by atomic mass is 9.84. The molecule has 0 amide bonds. The Morgan fingerprint density at radius 2 is 1.65 bits per heavy atom. The van der Waals surface area contributed by atoms with Crippen molar-refractivity contribution in [3.63, 3.8) is 0 Å². The van der Waals surface area contributed by atoms with E-state index in [4.69, 9.17) is 23.7 Å². The van der Waals surface area contributed by atoms with Crippen LogP contribution in [0.4, 0.5) is 0 Å². The van der Waals surface area contributed by atoms with E-state index in [9.17, 15) is 30.6 Å². The van der Waals surface area contributed by atoms with Gasteiger partial charge in [-0.25, -0.2) is 0 Å². The van der Waals surface area contributed by atoms with Gasteiger partial charge in [-0.2, -0.15) is 0 Å². The average molecular weight is 523 g/mol. The number of rotatable bonds is 9. The summed E-state index contributed by atoms with van der Waals surface area (Å²) in [6.45, 7) is -0.229. The number of benzene rings is 2. The number of methoxy groups -OCH3 is 2. The van der Waals surface area contributed by atoms with Crippen LogP contribution >= 0.6 is 0 Å². The molecule has 2 aliphatic heterocycles. The highest BCUT2D eigenvalue weighted by Gasteiger charge is 2.45. The zero-order valence-corrected chi connectivity index (χ0v) is 20.6. The first kappa shape index (κ1) is 27.4. The van der Waals surface area contributed by atoms with Crippen LogP contribution in [0.25, 0.3) is 0 Å². The van der Waals surface area contributed by atoms with Crippen LogP contribution in [0.1, 0.15) is 17.2 Å². The minimum atomic E-state index is -1.65. The molecule has 8 unspecified atom stereocenters. The van der Waals surface area contributed by atoms with E-state index in [0.29, 0.717) is 24.5 Å². The van der Waals surface area contributed by atoms with Gasteiger partial charge >= 0.3 is 0 Å². The Bertz CT molecular complexity index is 1050.